The van der Waals surface area contributed by atoms with Crippen molar-refractivity contribution < 1.29 is 50.5 Å². The number of hydrogen-bond donors (Lipinski definition) is 8. The van der Waals surface area contributed by atoms with Gasteiger partial charge in [0.15, 0.2) is 0 Å². The molecule has 10 N–H and O–H groups in total. The maximum atomic E-state index is 12.5. The number of nitrogens with one attached hydrogen (secondary N) is 2. The SMILES string of the molecule is C[C@H](CCC(=O)NCCS(=O)(=O)O)[C@H]1CC[C@@H]2C3[C@@H](CC[C@@]21C)[C@@]1(C)CC[C@H](N(N)/C=C(\N)CO[C@@H]2CC[C@]4(C)C(C2)C[C@@H](O)C2[C@@H]5CC[C@@H]([C@@H](C)CCC(=O)NCCS(=O)(=O)O)[C@]5(C)CC[C@@H]24)CC1C[C@@H]3O. The average molecular weight is 1070 g/mol. The van der Waals surface area contributed by atoms with Crippen molar-refractivity contribution in [1.82, 2.24) is 15.6 Å². The number of carbonyl (C=O) groups excluding carboxylic acids is 2. The van der Waals surface area contributed by atoms with Gasteiger partial charge < -0.3 is 36.3 Å². The highest BCUT2D eigenvalue weighted by Crippen LogP contribution is 2.70. The first-order chi connectivity index (χ1) is 34.2. The lowest BCUT2D eigenvalue weighted by molar-refractivity contribution is -0.177. The minimum Gasteiger partial charge on any atom is -0.399 e. The second-order valence-corrected chi connectivity index (χ2v) is 29.8. The van der Waals surface area contributed by atoms with Crippen LogP contribution in [-0.2, 0) is 34.6 Å². The number of hydrogen-bond acceptors (Lipinski definition) is 12. The van der Waals surface area contributed by atoms with E-state index in [1.165, 1.54) is 0 Å². The zero-order chi connectivity index (χ0) is 53.1. The van der Waals surface area contributed by atoms with Crippen LogP contribution in [0.25, 0.3) is 0 Å². The Kier molecular flexibility index (Phi) is 17.2. The summed E-state index contributed by atoms with van der Waals surface area (Å²) < 4.78 is 68.9. The maximum absolute atomic E-state index is 12.5. The summed E-state index contributed by atoms with van der Waals surface area (Å²) in [5.41, 5.74) is 7.79. The highest BCUT2D eigenvalue weighted by atomic mass is 32.2. The summed E-state index contributed by atoms with van der Waals surface area (Å²) in [5, 5.41) is 31.2. The first-order valence-electron chi connectivity index (χ1n) is 28.6. The molecule has 18 heteroatoms. The molecule has 0 radical (unpaired) electrons. The van der Waals surface area contributed by atoms with Crippen molar-refractivity contribution in [2.45, 2.75) is 194 Å². The molecule has 16 nitrogen and oxygen atoms in total. The molecule has 0 saturated heterocycles. The number of nitrogens with two attached hydrogens (primary N) is 2. The molecule has 8 fully saturated rings. The van der Waals surface area contributed by atoms with Gasteiger partial charge in [-0.25, -0.2) is 5.84 Å². The number of amides is 2. The van der Waals surface area contributed by atoms with Crippen LogP contribution < -0.4 is 22.2 Å². The van der Waals surface area contributed by atoms with Crippen LogP contribution >= 0.6 is 0 Å². The number of carbonyl (C=O) groups is 2. The van der Waals surface area contributed by atoms with Crippen molar-refractivity contribution in [2.75, 3.05) is 31.2 Å². The maximum Gasteiger partial charge on any atom is 0.266 e. The highest BCUT2D eigenvalue weighted by molar-refractivity contribution is 7.86. The Morgan fingerprint density at radius 3 is 1.53 bits per heavy atom. The van der Waals surface area contributed by atoms with Crippen LogP contribution in [0.2, 0.25) is 0 Å². The fraction of sp³-hybridized carbons (Fsp3) is 0.927. The van der Waals surface area contributed by atoms with Gasteiger partial charge in [0.25, 0.3) is 20.2 Å². The topological polar surface area (TPSA) is 272 Å². The molecule has 418 valence electrons. The Bertz CT molecular complexity index is 2240. The van der Waals surface area contributed by atoms with Crippen LogP contribution in [0.4, 0.5) is 0 Å². The van der Waals surface area contributed by atoms with E-state index in [0.717, 1.165) is 116 Å². The van der Waals surface area contributed by atoms with Gasteiger partial charge in [-0.2, -0.15) is 16.8 Å². The van der Waals surface area contributed by atoms with Crippen LogP contribution in [0, 0.1) is 92.7 Å². The van der Waals surface area contributed by atoms with Gasteiger partial charge in [0.2, 0.25) is 11.8 Å². The van der Waals surface area contributed by atoms with E-state index in [4.69, 9.17) is 25.4 Å². The summed E-state index contributed by atoms with van der Waals surface area (Å²) in [6, 6.07) is 0.123. The molecule has 73 heavy (non-hydrogen) atoms. The highest BCUT2D eigenvalue weighted by Gasteiger charge is 2.65. The monoisotopic (exact) mass is 1070 g/mol. The van der Waals surface area contributed by atoms with Gasteiger partial charge in [-0.1, -0.05) is 41.5 Å². The van der Waals surface area contributed by atoms with Crippen molar-refractivity contribution >= 4 is 32.1 Å². The van der Waals surface area contributed by atoms with Crippen molar-refractivity contribution in [2.24, 2.45) is 104 Å². The molecule has 0 heterocycles. The zero-order valence-corrected chi connectivity index (χ0v) is 46.7. The Hall–Kier alpha value is -2.06. The van der Waals surface area contributed by atoms with Crippen molar-refractivity contribution in [3.05, 3.63) is 11.9 Å². The smallest absolute Gasteiger partial charge is 0.266 e. The van der Waals surface area contributed by atoms with Crippen LogP contribution in [-0.4, -0.2) is 109 Å². The summed E-state index contributed by atoms with van der Waals surface area (Å²) >= 11 is 0. The summed E-state index contributed by atoms with van der Waals surface area (Å²) in [6.45, 7) is 14.5. The number of rotatable bonds is 19. The second kappa shape index (κ2) is 22.0. The zero-order valence-electron chi connectivity index (χ0n) is 45.1. The molecular weight excluding hydrogens is 971 g/mol. The minimum absolute atomic E-state index is 0.0674. The average Bonchev–Trinajstić information content (AvgIpc) is 3.85. The van der Waals surface area contributed by atoms with E-state index in [2.05, 4.69) is 52.2 Å². The van der Waals surface area contributed by atoms with E-state index in [0.29, 0.717) is 84.3 Å². The third-order valence-electron chi connectivity index (χ3n) is 23.1. The van der Waals surface area contributed by atoms with E-state index in [1.807, 2.05) is 11.2 Å². The van der Waals surface area contributed by atoms with E-state index in [1.54, 1.807) is 0 Å². The van der Waals surface area contributed by atoms with Gasteiger partial charge in [0, 0.05) is 38.2 Å². The number of nitrogens with zero attached hydrogens (tertiary/aromatic N) is 1. The van der Waals surface area contributed by atoms with Crippen molar-refractivity contribution in [3.8, 4) is 0 Å². The molecule has 0 bridgehead atoms. The van der Waals surface area contributed by atoms with E-state index >= 15 is 0 Å². The Morgan fingerprint density at radius 2 is 1.07 bits per heavy atom. The van der Waals surface area contributed by atoms with Gasteiger partial charge in [-0.15, -0.1) is 0 Å². The fourth-order valence-corrected chi connectivity index (χ4v) is 20.0. The van der Waals surface area contributed by atoms with Crippen LogP contribution in [0.3, 0.4) is 0 Å². The van der Waals surface area contributed by atoms with Crippen LogP contribution in [0.5, 0.6) is 0 Å². The first kappa shape index (κ1) is 57.1. The summed E-state index contributed by atoms with van der Waals surface area (Å²) in [6.07, 6.45) is 19.7. The third kappa shape index (κ3) is 11.9. The fourth-order valence-electron chi connectivity index (χ4n) is 19.2. The largest absolute Gasteiger partial charge is 0.399 e. The van der Waals surface area contributed by atoms with Crippen LogP contribution in [0.15, 0.2) is 11.9 Å². The Labute approximate surface area is 438 Å². The Morgan fingerprint density at radius 1 is 0.644 bits per heavy atom. The standard InChI is InChI=1S/C55H95N5O11S2/c1-33(7-13-48(63)58-23-25-72(65,66)67)40-9-11-42-50-44(17-21-54(40,42)5)52(3)19-15-38(27-35(52)29-46(50)61)60(57)31-37(56)32-71-39-16-20-53(4)36(28-39)30-47(62)51-43-12-10-41(55(43,6)22-18-45(51)53)34(2)8-14-49(64)59-24-26-73(68,69)70/h31,33-36,38-47,50-51,61-62H,7-30,32,56-57H2,1-6H3,(H,58,63)(H,59,64)(H,65,66,67)(H,68,69,70)/b37-31-/t33-,34+,35?,36?,38+,39-,40-,41+,42-,43+,44-,45+,46+,47-,50?,51?,52+,53-,54-,55+/m1/s1. The molecule has 8 saturated carbocycles. The van der Waals surface area contributed by atoms with Gasteiger partial charge in [0.05, 0.1) is 42.1 Å². The van der Waals surface area contributed by atoms with E-state index in [9.17, 15) is 36.6 Å². The molecule has 0 aliphatic heterocycles. The van der Waals surface area contributed by atoms with Gasteiger partial charge in [0.1, 0.15) is 0 Å². The number of ether oxygens (including phenoxy) is 1. The number of aliphatic hydroxyl groups excluding tert-OH is 2. The number of fused-ring (bicyclic) bond motifs is 10. The second-order valence-electron chi connectivity index (χ2n) is 26.6. The number of hydrazine groups is 1. The van der Waals surface area contributed by atoms with Crippen molar-refractivity contribution in [1.29, 1.82) is 0 Å². The minimum atomic E-state index is -4.12. The molecule has 8 aliphatic rings. The normalized spacial score (nSPS) is 43.2. The number of aliphatic hydroxyl groups is 2. The molecule has 0 aromatic heterocycles. The van der Waals surface area contributed by atoms with Gasteiger partial charge in [-0.3, -0.25) is 18.7 Å². The lowest BCUT2D eigenvalue weighted by Crippen LogP contribution is -2.59. The Balaban J connectivity index is 0.795. The van der Waals surface area contributed by atoms with Gasteiger partial charge in [-0.05, 0) is 208 Å². The van der Waals surface area contributed by atoms with Gasteiger partial charge >= 0.3 is 0 Å². The van der Waals surface area contributed by atoms with E-state index < -0.39 is 31.7 Å². The molecule has 0 spiro atoms. The van der Waals surface area contributed by atoms with E-state index in [-0.39, 0.29) is 82.8 Å². The molecule has 8 rings (SSSR count). The molecule has 4 unspecified atom stereocenters. The molecular formula is C55H95N5O11S2. The predicted molar refractivity (Wildman–Crippen MR) is 281 cm³/mol. The molecule has 0 aromatic carbocycles. The lowest BCUT2D eigenvalue weighted by atomic mass is 9.43. The quantitative estimate of drug-likeness (QED) is 0.0375. The predicted octanol–water partition coefficient (Wildman–Crippen LogP) is 6.82. The van der Waals surface area contributed by atoms with Crippen LogP contribution in [0.1, 0.15) is 170 Å². The summed E-state index contributed by atoms with van der Waals surface area (Å²) in [7, 11) is -8.23. The first-order valence-corrected chi connectivity index (χ1v) is 31.8. The summed E-state index contributed by atoms with van der Waals surface area (Å²) in [4.78, 5) is 25.1. The molecule has 8 aliphatic carbocycles. The summed E-state index contributed by atoms with van der Waals surface area (Å²) in [5.74, 6) is 10.2. The molecule has 20 atom stereocenters. The molecule has 2 amide bonds. The third-order valence-corrected chi connectivity index (χ3v) is 24.5. The van der Waals surface area contributed by atoms with Crippen molar-refractivity contribution in [3.63, 3.8) is 0 Å². The lowest BCUT2D eigenvalue weighted by Gasteiger charge is -2.63. The molecule has 0 aromatic rings.